The van der Waals surface area contributed by atoms with E-state index in [9.17, 15) is 0 Å². The average Bonchev–Trinajstić information content (AvgIpc) is 2.29. The molecular formula is C11H15N3O. The van der Waals surface area contributed by atoms with Gasteiger partial charge in [0.05, 0.1) is 0 Å². The van der Waals surface area contributed by atoms with E-state index in [2.05, 4.69) is 17.1 Å². The summed E-state index contributed by atoms with van der Waals surface area (Å²) in [5.41, 5.74) is 7.28. The molecule has 0 aliphatic rings. The summed E-state index contributed by atoms with van der Waals surface area (Å²) in [4.78, 5) is 0. The fraction of sp³-hybridized carbons (Fsp3) is 0.182. The van der Waals surface area contributed by atoms with Crippen LogP contribution in [0.1, 0.15) is 11.1 Å². The van der Waals surface area contributed by atoms with Gasteiger partial charge in [0.25, 0.3) is 0 Å². The minimum Gasteiger partial charge on any atom is -0.409 e. The number of rotatable bonds is 5. The van der Waals surface area contributed by atoms with E-state index >= 15 is 0 Å². The summed E-state index contributed by atoms with van der Waals surface area (Å²) in [7, 11) is 0. The van der Waals surface area contributed by atoms with Gasteiger partial charge in [-0.15, -0.1) is 6.58 Å². The van der Waals surface area contributed by atoms with Gasteiger partial charge in [-0.25, -0.2) is 0 Å². The van der Waals surface area contributed by atoms with Crippen molar-refractivity contribution in [3.8, 4) is 0 Å². The highest BCUT2D eigenvalue weighted by molar-refractivity contribution is 5.97. The Morgan fingerprint density at radius 1 is 1.60 bits per heavy atom. The van der Waals surface area contributed by atoms with Crippen molar-refractivity contribution in [2.45, 2.75) is 6.54 Å². The van der Waals surface area contributed by atoms with Crippen molar-refractivity contribution >= 4 is 5.84 Å². The van der Waals surface area contributed by atoms with Gasteiger partial charge in [0.1, 0.15) is 0 Å². The van der Waals surface area contributed by atoms with Crippen molar-refractivity contribution < 1.29 is 5.21 Å². The van der Waals surface area contributed by atoms with E-state index < -0.39 is 0 Å². The zero-order chi connectivity index (χ0) is 11.1. The first-order valence-corrected chi connectivity index (χ1v) is 4.66. The maximum Gasteiger partial charge on any atom is 0.170 e. The van der Waals surface area contributed by atoms with Crippen molar-refractivity contribution in [1.82, 2.24) is 5.32 Å². The molecule has 1 aromatic carbocycles. The first-order chi connectivity index (χ1) is 7.27. The molecular weight excluding hydrogens is 190 g/mol. The number of amidine groups is 1. The second-order valence-electron chi connectivity index (χ2n) is 3.11. The van der Waals surface area contributed by atoms with Crippen molar-refractivity contribution in [2.75, 3.05) is 6.54 Å². The molecule has 1 rings (SSSR count). The number of nitrogens with zero attached hydrogens (tertiary/aromatic N) is 1. The molecule has 0 aliphatic heterocycles. The fourth-order valence-electron chi connectivity index (χ4n) is 1.22. The van der Waals surface area contributed by atoms with E-state index in [1.165, 1.54) is 0 Å². The zero-order valence-electron chi connectivity index (χ0n) is 8.48. The molecule has 80 valence electrons. The van der Waals surface area contributed by atoms with Gasteiger partial charge in [0, 0.05) is 18.7 Å². The van der Waals surface area contributed by atoms with Gasteiger partial charge in [-0.3, -0.25) is 0 Å². The molecule has 0 saturated heterocycles. The van der Waals surface area contributed by atoms with Gasteiger partial charge < -0.3 is 16.3 Å². The average molecular weight is 205 g/mol. The molecule has 4 nitrogen and oxygen atoms in total. The molecule has 0 fully saturated rings. The third-order valence-corrected chi connectivity index (χ3v) is 1.95. The molecule has 0 atom stereocenters. The van der Waals surface area contributed by atoms with Crippen molar-refractivity contribution in [3.05, 3.63) is 48.0 Å². The Labute approximate surface area is 89.1 Å². The predicted octanol–water partition coefficient (Wildman–Crippen LogP) is 1.06. The van der Waals surface area contributed by atoms with Crippen LogP contribution in [0.4, 0.5) is 0 Å². The summed E-state index contributed by atoms with van der Waals surface area (Å²) in [5, 5.41) is 14.7. The van der Waals surface area contributed by atoms with E-state index in [-0.39, 0.29) is 5.84 Å². The van der Waals surface area contributed by atoms with Gasteiger partial charge >= 0.3 is 0 Å². The second kappa shape index (κ2) is 5.82. The molecule has 15 heavy (non-hydrogen) atoms. The van der Waals surface area contributed by atoms with Gasteiger partial charge in [0.15, 0.2) is 5.84 Å². The molecule has 0 bridgehead atoms. The lowest BCUT2D eigenvalue weighted by molar-refractivity contribution is 0.318. The fourth-order valence-corrected chi connectivity index (χ4v) is 1.22. The topological polar surface area (TPSA) is 70.6 Å². The second-order valence-corrected chi connectivity index (χ2v) is 3.11. The number of nitrogens with two attached hydrogens (primary N) is 1. The van der Waals surface area contributed by atoms with Crippen LogP contribution >= 0.6 is 0 Å². The highest BCUT2D eigenvalue weighted by atomic mass is 16.4. The van der Waals surface area contributed by atoms with Crippen molar-refractivity contribution in [3.63, 3.8) is 0 Å². The highest BCUT2D eigenvalue weighted by Crippen LogP contribution is 2.04. The lowest BCUT2D eigenvalue weighted by Crippen LogP contribution is -2.15. The molecule has 0 saturated carbocycles. The van der Waals surface area contributed by atoms with Crippen LogP contribution in [-0.4, -0.2) is 17.6 Å². The number of hydrogen-bond donors (Lipinski definition) is 3. The summed E-state index contributed by atoms with van der Waals surface area (Å²) in [6.45, 7) is 5.11. The minimum atomic E-state index is 0.126. The number of nitrogens with one attached hydrogen (secondary N) is 1. The lowest BCUT2D eigenvalue weighted by Gasteiger charge is -2.04. The first-order valence-electron chi connectivity index (χ1n) is 4.66. The molecule has 1 aromatic rings. The van der Waals surface area contributed by atoms with E-state index in [4.69, 9.17) is 10.9 Å². The number of oxime groups is 1. The Hall–Kier alpha value is -1.81. The summed E-state index contributed by atoms with van der Waals surface area (Å²) < 4.78 is 0. The maximum atomic E-state index is 8.53. The largest absolute Gasteiger partial charge is 0.409 e. The quantitative estimate of drug-likeness (QED) is 0.168. The van der Waals surface area contributed by atoms with Crippen LogP contribution in [0.3, 0.4) is 0 Å². The smallest absolute Gasteiger partial charge is 0.170 e. The normalized spacial score (nSPS) is 11.3. The monoisotopic (exact) mass is 205 g/mol. The van der Waals surface area contributed by atoms with Crippen molar-refractivity contribution in [2.24, 2.45) is 10.9 Å². The van der Waals surface area contributed by atoms with Crippen LogP contribution in [0.25, 0.3) is 0 Å². The van der Waals surface area contributed by atoms with Gasteiger partial charge in [-0.1, -0.05) is 29.4 Å². The third-order valence-electron chi connectivity index (χ3n) is 1.95. The molecule has 4 N–H and O–H groups in total. The molecule has 4 heteroatoms. The Morgan fingerprint density at radius 3 is 3.07 bits per heavy atom. The third kappa shape index (κ3) is 3.44. The highest BCUT2D eigenvalue weighted by Gasteiger charge is 1.99. The predicted molar refractivity (Wildman–Crippen MR) is 60.9 cm³/mol. The molecule has 0 aliphatic carbocycles. The van der Waals surface area contributed by atoms with Crippen LogP contribution in [0.2, 0.25) is 0 Å². The van der Waals surface area contributed by atoms with E-state index in [1.807, 2.05) is 18.2 Å². The minimum absolute atomic E-state index is 0.126. The number of benzene rings is 1. The van der Waals surface area contributed by atoms with Crippen LogP contribution in [0.5, 0.6) is 0 Å². The van der Waals surface area contributed by atoms with E-state index in [1.54, 1.807) is 12.1 Å². The summed E-state index contributed by atoms with van der Waals surface area (Å²) in [5.74, 6) is 0.126. The molecule has 0 radical (unpaired) electrons. The Balaban J connectivity index is 2.70. The van der Waals surface area contributed by atoms with Crippen LogP contribution in [0.15, 0.2) is 42.1 Å². The van der Waals surface area contributed by atoms with Crippen LogP contribution in [-0.2, 0) is 6.54 Å². The van der Waals surface area contributed by atoms with Gasteiger partial charge in [-0.05, 0) is 11.6 Å². The first kappa shape index (κ1) is 11.3. The lowest BCUT2D eigenvalue weighted by atomic mass is 10.1. The van der Waals surface area contributed by atoms with E-state index in [0.29, 0.717) is 0 Å². The Kier molecular flexibility index (Phi) is 4.37. The summed E-state index contributed by atoms with van der Waals surface area (Å²) in [6.07, 6.45) is 1.80. The maximum absolute atomic E-state index is 8.53. The van der Waals surface area contributed by atoms with Crippen LogP contribution < -0.4 is 11.1 Å². The molecule has 0 amide bonds. The molecule has 0 aromatic heterocycles. The molecule has 0 heterocycles. The summed E-state index contributed by atoms with van der Waals surface area (Å²) in [6, 6.07) is 7.53. The Morgan fingerprint density at radius 2 is 2.40 bits per heavy atom. The van der Waals surface area contributed by atoms with E-state index in [0.717, 1.165) is 24.2 Å². The molecule has 0 spiro atoms. The van der Waals surface area contributed by atoms with Crippen LogP contribution in [0, 0.1) is 0 Å². The Bertz CT molecular complexity index is 361. The van der Waals surface area contributed by atoms with Gasteiger partial charge in [-0.2, -0.15) is 0 Å². The zero-order valence-corrected chi connectivity index (χ0v) is 8.48. The molecule has 0 unspecified atom stereocenters. The number of hydrogen-bond acceptors (Lipinski definition) is 3. The SMILES string of the molecule is C=CCNCc1cccc(C(N)=NO)c1. The standard InChI is InChI=1S/C11H15N3O/c1-2-6-13-8-9-4-3-5-10(7-9)11(12)14-15/h2-5,7,13,15H,1,6,8H2,(H2,12,14). The van der Waals surface area contributed by atoms with Gasteiger partial charge in [0.2, 0.25) is 0 Å². The van der Waals surface area contributed by atoms with Crippen molar-refractivity contribution in [1.29, 1.82) is 0 Å². The summed E-state index contributed by atoms with van der Waals surface area (Å²) >= 11 is 0.